The van der Waals surface area contributed by atoms with E-state index in [0.29, 0.717) is 41.9 Å². The van der Waals surface area contributed by atoms with E-state index in [9.17, 15) is 4.79 Å². The van der Waals surface area contributed by atoms with Crippen LogP contribution in [0.4, 0.5) is 0 Å². The first-order chi connectivity index (χ1) is 13.3. The van der Waals surface area contributed by atoms with Gasteiger partial charge in [0.2, 0.25) is 0 Å². The summed E-state index contributed by atoms with van der Waals surface area (Å²) >= 11 is 0. The van der Waals surface area contributed by atoms with E-state index in [1.165, 1.54) is 12.8 Å². The summed E-state index contributed by atoms with van der Waals surface area (Å²) in [6.07, 6.45) is 3.44. The van der Waals surface area contributed by atoms with Crippen LogP contribution in [0.2, 0.25) is 0 Å². The lowest BCUT2D eigenvalue weighted by atomic mass is 9.96. The normalized spacial score (nSPS) is 16.0. The molecule has 2 aromatic rings. The van der Waals surface area contributed by atoms with Crippen molar-refractivity contribution < 1.29 is 14.3 Å². The third-order valence-corrected chi connectivity index (χ3v) is 4.74. The molecule has 5 nitrogen and oxygen atoms in total. The van der Waals surface area contributed by atoms with Crippen LogP contribution in [0.5, 0.6) is 17.2 Å². The molecule has 1 unspecified atom stereocenters. The number of carbonyl (C=O) groups excluding carboxylic acids is 1. The Bertz CT molecular complexity index is 748. The topological polar surface area (TPSA) is 59.6 Å². The quantitative estimate of drug-likeness (QED) is 0.683. The van der Waals surface area contributed by atoms with Crippen molar-refractivity contribution in [3.8, 4) is 17.2 Å². The molecule has 0 bridgehead atoms. The van der Waals surface area contributed by atoms with Gasteiger partial charge in [0.05, 0.1) is 12.2 Å². The van der Waals surface area contributed by atoms with Gasteiger partial charge in [-0.2, -0.15) is 0 Å². The first kappa shape index (κ1) is 22.1. The van der Waals surface area contributed by atoms with Crippen LogP contribution in [0.15, 0.2) is 48.5 Å². The zero-order valence-corrected chi connectivity index (χ0v) is 17.1. The van der Waals surface area contributed by atoms with Crippen molar-refractivity contribution in [2.75, 3.05) is 26.2 Å². The van der Waals surface area contributed by atoms with Crippen LogP contribution < -0.4 is 20.1 Å². The highest BCUT2D eigenvalue weighted by Gasteiger charge is 2.16. The number of piperidine rings is 1. The van der Waals surface area contributed by atoms with E-state index in [2.05, 4.69) is 10.6 Å². The highest BCUT2D eigenvalue weighted by Crippen LogP contribution is 2.32. The fourth-order valence-corrected chi connectivity index (χ4v) is 3.33. The average Bonchev–Trinajstić information content (AvgIpc) is 2.71. The third-order valence-electron chi connectivity index (χ3n) is 4.74. The maximum atomic E-state index is 12.7. The molecule has 1 amide bonds. The van der Waals surface area contributed by atoms with Crippen molar-refractivity contribution in [3.05, 3.63) is 54.1 Å². The van der Waals surface area contributed by atoms with Gasteiger partial charge in [-0.3, -0.25) is 4.79 Å². The van der Waals surface area contributed by atoms with Gasteiger partial charge in [0.1, 0.15) is 5.75 Å². The maximum absolute atomic E-state index is 12.7. The number of para-hydroxylation sites is 3. The first-order valence-electron chi connectivity index (χ1n) is 9.75. The molecule has 0 aliphatic carbocycles. The molecule has 0 aromatic heterocycles. The number of halogens is 1. The second-order valence-corrected chi connectivity index (χ2v) is 6.73. The molecule has 6 heteroatoms. The standard InChI is InChI=1S/C22H28N2O3.ClH/c1-2-26-20-11-5-6-12-21(20)27-19-10-4-3-9-18(19)22(25)24-15-13-17-8-7-14-23-16-17;/h3-6,9-12,17,23H,2,7-8,13-16H2,1H3,(H,24,25);1H. The molecule has 1 aliphatic heterocycles. The average molecular weight is 405 g/mol. The van der Waals surface area contributed by atoms with Gasteiger partial charge in [-0.05, 0) is 69.5 Å². The smallest absolute Gasteiger partial charge is 0.255 e. The van der Waals surface area contributed by atoms with Crippen LogP contribution in [0.3, 0.4) is 0 Å². The number of hydrogen-bond acceptors (Lipinski definition) is 4. The SMILES string of the molecule is CCOc1ccccc1Oc1ccccc1C(=O)NCCC1CCCNC1.Cl. The maximum Gasteiger partial charge on any atom is 0.255 e. The van der Waals surface area contributed by atoms with Crippen LogP contribution >= 0.6 is 12.4 Å². The van der Waals surface area contributed by atoms with Crippen molar-refractivity contribution in [3.63, 3.8) is 0 Å². The Labute approximate surface area is 173 Å². The molecule has 1 saturated heterocycles. The minimum atomic E-state index is -0.108. The van der Waals surface area contributed by atoms with E-state index in [1.54, 1.807) is 6.07 Å². The van der Waals surface area contributed by atoms with Crippen molar-refractivity contribution in [2.45, 2.75) is 26.2 Å². The van der Waals surface area contributed by atoms with Crippen molar-refractivity contribution in [1.82, 2.24) is 10.6 Å². The number of amides is 1. The van der Waals surface area contributed by atoms with Gasteiger partial charge in [-0.15, -0.1) is 12.4 Å². The number of rotatable bonds is 8. The molecule has 0 spiro atoms. The van der Waals surface area contributed by atoms with Gasteiger partial charge in [0, 0.05) is 6.54 Å². The Morgan fingerprint density at radius 2 is 1.82 bits per heavy atom. The number of nitrogens with one attached hydrogen (secondary N) is 2. The fourth-order valence-electron chi connectivity index (χ4n) is 3.33. The summed E-state index contributed by atoms with van der Waals surface area (Å²) in [4.78, 5) is 12.7. The van der Waals surface area contributed by atoms with Gasteiger partial charge in [0.15, 0.2) is 11.5 Å². The van der Waals surface area contributed by atoms with Gasteiger partial charge in [0.25, 0.3) is 5.91 Å². The Morgan fingerprint density at radius 1 is 1.11 bits per heavy atom. The second-order valence-electron chi connectivity index (χ2n) is 6.73. The van der Waals surface area contributed by atoms with Crippen LogP contribution in [-0.4, -0.2) is 32.1 Å². The largest absolute Gasteiger partial charge is 0.490 e. The molecular weight excluding hydrogens is 376 g/mol. The summed E-state index contributed by atoms with van der Waals surface area (Å²) in [6, 6.07) is 14.8. The fraction of sp³-hybridized carbons (Fsp3) is 0.409. The predicted molar refractivity (Wildman–Crippen MR) is 114 cm³/mol. The number of carbonyl (C=O) groups is 1. The number of hydrogen-bond donors (Lipinski definition) is 2. The predicted octanol–water partition coefficient (Wildman–Crippen LogP) is 4.42. The zero-order chi connectivity index (χ0) is 18.9. The minimum absolute atomic E-state index is 0. The Morgan fingerprint density at radius 3 is 2.54 bits per heavy atom. The zero-order valence-electron chi connectivity index (χ0n) is 16.3. The summed E-state index contributed by atoms with van der Waals surface area (Å²) in [6.45, 7) is 5.31. The summed E-state index contributed by atoms with van der Waals surface area (Å²) < 4.78 is 11.6. The van der Waals surface area contributed by atoms with Crippen LogP contribution in [0, 0.1) is 5.92 Å². The summed E-state index contributed by atoms with van der Waals surface area (Å²) in [5, 5.41) is 6.45. The highest BCUT2D eigenvalue weighted by atomic mass is 35.5. The number of benzene rings is 2. The molecule has 2 aromatic carbocycles. The molecule has 1 aliphatic rings. The van der Waals surface area contributed by atoms with E-state index < -0.39 is 0 Å². The van der Waals surface area contributed by atoms with Gasteiger partial charge < -0.3 is 20.1 Å². The lowest BCUT2D eigenvalue weighted by molar-refractivity contribution is 0.0948. The number of ether oxygens (including phenoxy) is 2. The molecule has 1 fully saturated rings. The lowest BCUT2D eigenvalue weighted by Gasteiger charge is -2.22. The van der Waals surface area contributed by atoms with E-state index in [4.69, 9.17) is 9.47 Å². The lowest BCUT2D eigenvalue weighted by Crippen LogP contribution is -2.33. The van der Waals surface area contributed by atoms with E-state index >= 15 is 0 Å². The minimum Gasteiger partial charge on any atom is -0.490 e. The van der Waals surface area contributed by atoms with E-state index in [1.807, 2.05) is 49.4 Å². The second kappa shape index (κ2) is 11.6. The highest BCUT2D eigenvalue weighted by molar-refractivity contribution is 5.97. The van der Waals surface area contributed by atoms with Crippen LogP contribution in [-0.2, 0) is 0 Å². The van der Waals surface area contributed by atoms with E-state index in [-0.39, 0.29) is 18.3 Å². The molecule has 2 N–H and O–H groups in total. The molecule has 28 heavy (non-hydrogen) atoms. The van der Waals surface area contributed by atoms with E-state index in [0.717, 1.165) is 19.5 Å². The Kier molecular flexibility index (Phi) is 9.11. The molecule has 1 atom stereocenters. The summed E-state index contributed by atoms with van der Waals surface area (Å²) in [7, 11) is 0. The molecule has 1 heterocycles. The van der Waals surface area contributed by atoms with Gasteiger partial charge in [-0.25, -0.2) is 0 Å². The van der Waals surface area contributed by atoms with Crippen molar-refractivity contribution in [2.24, 2.45) is 5.92 Å². The van der Waals surface area contributed by atoms with Crippen molar-refractivity contribution in [1.29, 1.82) is 0 Å². The van der Waals surface area contributed by atoms with Crippen LogP contribution in [0.25, 0.3) is 0 Å². The third kappa shape index (κ3) is 6.14. The van der Waals surface area contributed by atoms with Crippen molar-refractivity contribution >= 4 is 18.3 Å². The van der Waals surface area contributed by atoms with Gasteiger partial charge >= 0.3 is 0 Å². The molecule has 0 radical (unpaired) electrons. The molecule has 152 valence electrons. The van der Waals surface area contributed by atoms with Crippen LogP contribution in [0.1, 0.15) is 36.5 Å². The first-order valence-corrected chi connectivity index (χ1v) is 9.75. The summed E-state index contributed by atoms with van der Waals surface area (Å²) in [5.74, 6) is 2.33. The molecule has 3 rings (SSSR count). The Balaban J connectivity index is 0.00000280. The Hall–Kier alpha value is -2.24. The molecular formula is C22H29ClN2O3. The van der Waals surface area contributed by atoms with Gasteiger partial charge in [-0.1, -0.05) is 24.3 Å². The monoisotopic (exact) mass is 404 g/mol. The summed E-state index contributed by atoms with van der Waals surface area (Å²) in [5.41, 5.74) is 0.533. The molecule has 0 saturated carbocycles.